The number of nitrogens with one attached hydrogen (secondary N) is 1. The third-order valence-electron chi connectivity index (χ3n) is 3.42. The number of carbonyl (C=O) groups is 3. The molecule has 3 rings (SSSR count). The molecule has 1 aliphatic carbocycles. The van der Waals surface area contributed by atoms with E-state index in [9.17, 15) is 19.5 Å². The van der Waals surface area contributed by atoms with E-state index in [1.165, 1.54) is 11.3 Å². The molecule has 7 heteroatoms. The zero-order valence-electron chi connectivity index (χ0n) is 11.7. The van der Waals surface area contributed by atoms with Gasteiger partial charge in [-0.3, -0.25) is 14.4 Å². The fraction of sp³-hybridized carbons (Fsp3) is 0.0625. The summed E-state index contributed by atoms with van der Waals surface area (Å²) < 4.78 is 0. The first kappa shape index (κ1) is 15.0. The van der Waals surface area contributed by atoms with E-state index in [0.717, 1.165) is 10.4 Å². The van der Waals surface area contributed by atoms with Crippen molar-refractivity contribution >= 4 is 34.8 Å². The van der Waals surface area contributed by atoms with Crippen molar-refractivity contribution in [1.29, 1.82) is 0 Å². The SMILES string of the molecule is O=C(O)CNC(=O)C1=C(O)c2cc(-c3cccs3)ccc2C1=O. The van der Waals surface area contributed by atoms with Crippen LogP contribution in [0.4, 0.5) is 0 Å². The molecule has 0 atom stereocenters. The Morgan fingerprint density at radius 3 is 2.61 bits per heavy atom. The van der Waals surface area contributed by atoms with Crippen LogP contribution in [0.3, 0.4) is 0 Å². The number of thiophene rings is 1. The van der Waals surface area contributed by atoms with Gasteiger partial charge in [0.15, 0.2) is 0 Å². The third-order valence-corrected chi connectivity index (χ3v) is 4.34. The highest BCUT2D eigenvalue weighted by Gasteiger charge is 2.34. The van der Waals surface area contributed by atoms with E-state index in [1.807, 2.05) is 17.5 Å². The van der Waals surface area contributed by atoms with Crippen molar-refractivity contribution in [2.75, 3.05) is 6.54 Å². The predicted molar refractivity (Wildman–Crippen MR) is 84.3 cm³/mol. The van der Waals surface area contributed by atoms with Gasteiger partial charge in [-0.15, -0.1) is 11.3 Å². The molecule has 23 heavy (non-hydrogen) atoms. The molecule has 2 aromatic rings. The summed E-state index contributed by atoms with van der Waals surface area (Å²) in [5.74, 6) is -3.17. The normalized spacial score (nSPS) is 13.1. The largest absolute Gasteiger partial charge is 0.506 e. The molecule has 1 heterocycles. The van der Waals surface area contributed by atoms with Gasteiger partial charge >= 0.3 is 5.97 Å². The van der Waals surface area contributed by atoms with Crippen LogP contribution < -0.4 is 5.32 Å². The quantitative estimate of drug-likeness (QED) is 0.745. The maximum absolute atomic E-state index is 12.3. The Morgan fingerprint density at radius 1 is 1.17 bits per heavy atom. The zero-order chi connectivity index (χ0) is 16.6. The molecule has 0 saturated heterocycles. The number of hydrogen-bond donors (Lipinski definition) is 3. The van der Waals surface area contributed by atoms with E-state index >= 15 is 0 Å². The maximum atomic E-state index is 12.3. The first-order valence-corrected chi connectivity index (χ1v) is 7.53. The first-order chi connectivity index (χ1) is 11.0. The van der Waals surface area contributed by atoms with Gasteiger partial charge in [0.05, 0.1) is 0 Å². The average Bonchev–Trinajstić information content (AvgIpc) is 3.13. The summed E-state index contributed by atoms with van der Waals surface area (Å²) in [6, 6.07) is 8.74. The van der Waals surface area contributed by atoms with Gasteiger partial charge in [0.2, 0.25) is 5.78 Å². The van der Waals surface area contributed by atoms with E-state index in [0.29, 0.717) is 0 Å². The minimum absolute atomic E-state index is 0.225. The van der Waals surface area contributed by atoms with Crippen LogP contribution in [-0.2, 0) is 9.59 Å². The topological polar surface area (TPSA) is 104 Å². The second-order valence-corrected chi connectivity index (χ2v) is 5.81. The maximum Gasteiger partial charge on any atom is 0.322 e. The number of ketones is 1. The number of benzene rings is 1. The number of carbonyl (C=O) groups excluding carboxylic acids is 2. The monoisotopic (exact) mass is 329 g/mol. The molecule has 0 unspecified atom stereocenters. The number of carboxylic acid groups (broad SMARTS) is 1. The van der Waals surface area contributed by atoms with Gasteiger partial charge in [-0.05, 0) is 29.1 Å². The van der Waals surface area contributed by atoms with Crippen molar-refractivity contribution in [3.8, 4) is 10.4 Å². The van der Waals surface area contributed by atoms with E-state index in [2.05, 4.69) is 5.32 Å². The molecular formula is C16H11NO5S. The Morgan fingerprint density at radius 2 is 1.96 bits per heavy atom. The fourth-order valence-corrected chi connectivity index (χ4v) is 3.09. The number of Topliss-reactive ketones (excluding diaryl/α,β-unsaturated/α-hetero) is 1. The number of aliphatic hydroxyl groups is 1. The molecule has 1 amide bonds. The van der Waals surface area contributed by atoms with Gasteiger partial charge in [-0.25, -0.2) is 0 Å². The second kappa shape index (κ2) is 5.69. The van der Waals surface area contributed by atoms with Crippen LogP contribution in [0.5, 0.6) is 0 Å². The highest BCUT2D eigenvalue weighted by atomic mass is 32.1. The molecule has 6 nitrogen and oxygen atoms in total. The van der Waals surface area contributed by atoms with E-state index < -0.39 is 35.5 Å². The van der Waals surface area contributed by atoms with Crippen molar-refractivity contribution in [3.63, 3.8) is 0 Å². The van der Waals surface area contributed by atoms with Crippen molar-refractivity contribution in [1.82, 2.24) is 5.32 Å². The lowest BCUT2D eigenvalue weighted by Gasteiger charge is -2.02. The summed E-state index contributed by atoms with van der Waals surface area (Å²) in [6.45, 7) is -0.625. The molecule has 3 N–H and O–H groups in total. The second-order valence-electron chi connectivity index (χ2n) is 4.87. The first-order valence-electron chi connectivity index (χ1n) is 6.65. The number of fused-ring (bicyclic) bond motifs is 1. The standard InChI is InChI=1S/C16H11NO5S/c18-12(19)7-17-16(22)13-14(20)9-4-3-8(6-10(9)15(13)21)11-2-1-5-23-11/h1-6,21H,7H2,(H,17,22)(H,18,19). The average molecular weight is 329 g/mol. The number of amides is 1. The molecule has 0 bridgehead atoms. The minimum atomic E-state index is -1.23. The van der Waals surface area contributed by atoms with Gasteiger partial charge in [-0.1, -0.05) is 12.1 Å². The van der Waals surface area contributed by atoms with Crippen LogP contribution in [0, 0.1) is 0 Å². The fourth-order valence-electron chi connectivity index (χ4n) is 2.37. The number of aliphatic hydroxyl groups excluding tert-OH is 1. The highest BCUT2D eigenvalue weighted by molar-refractivity contribution is 7.13. The third kappa shape index (κ3) is 2.62. The minimum Gasteiger partial charge on any atom is -0.506 e. The summed E-state index contributed by atoms with van der Waals surface area (Å²) in [4.78, 5) is 35.7. The Hall–Kier alpha value is -2.93. The van der Waals surface area contributed by atoms with Crippen LogP contribution in [0.25, 0.3) is 16.2 Å². The molecule has 0 saturated carbocycles. The lowest BCUT2D eigenvalue weighted by molar-refractivity contribution is -0.137. The number of aliphatic carboxylic acids is 1. The molecule has 116 valence electrons. The van der Waals surface area contributed by atoms with Crippen molar-refractivity contribution in [2.45, 2.75) is 0 Å². The Labute approximate surface area is 134 Å². The molecule has 0 fully saturated rings. The van der Waals surface area contributed by atoms with Crippen LogP contribution in [0.2, 0.25) is 0 Å². The zero-order valence-corrected chi connectivity index (χ0v) is 12.5. The molecule has 1 aromatic heterocycles. The van der Waals surface area contributed by atoms with Crippen molar-refractivity contribution < 1.29 is 24.6 Å². The summed E-state index contributed by atoms with van der Waals surface area (Å²) >= 11 is 1.51. The van der Waals surface area contributed by atoms with E-state index in [4.69, 9.17) is 5.11 Å². The molecule has 0 radical (unpaired) electrons. The number of rotatable bonds is 4. The summed E-state index contributed by atoms with van der Waals surface area (Å²) in [5, 5.41) is 22.8. The van der Waals surface area contributed by atoms with Gasteiger partial charge in [0.1, 0.15) is 17.9 Å². The van der Waals surface area contributed by atoms with Gasteiger partial charge < -0.3 is 15.5 Å². The Balaban J connectivity index is 1.98. The van der Waals surface area contributed by atoms with E-state index in [-0.39, 0.29) is 11.1 Å². The smallest absolute Gasteiger partial charge is 0.322 e. The van der Waals surface area contributed by atoms with Crippen LogP contribution in [0.1, 0.15) is 15.9 Å². The van der Waals surface area contributed by atoms with Gasteiger partial charge in [-0.2, -0.15) is 0 Å². The van der Waals surface area contributed by atoms with Crippen molar-refractivity contribution in [2.24, 2.45) is 0 Å². The Kier molecular flexibility index (Phi) is 3.71. The highest BCUT2D eigenvalue weighted by Crippen LogP contribution is 2.35. The van der Waals surface area contributed by atoms with Crippen LogP contribution >= 0.6 is 11.3 Å². The molecule has 1 aliphatic rings. The Bertz CT molecular complexity index is 851. The summed E-state index contributed by atoms with van der Waals surface area (Å²) in [7, 11) is 0. The van der Waals surface area contributed by atoms with Crippen LogP contribution in [-0.4, -0.2) is 34.4 Å². The predicted octanol–water partition coefficient (Wildman–Crippen LogP) is 2.08. The van der Waals surface area contributed by atoms with E-state index in [1.54, 1.807) is 18.2 Å². The lowest BCUT2D eigenvalue weighted by Crippen LogP contribution is -2.32. The lowest BCUT2D eigenvalue weighted by atomic mass is 10.0. The van der Waals surface area contributed by atoms with Gasteiger partial charge in [0, 0.05) is 16.0 Å². The van der Waals surface area contributed by atoms with Crippen LogP contribution in [0.15, 0.2) is 41.3 Å². The molecule has 0 aliphatic heterocycles. The molecule has 0 spiro atoms. The van der Waals surface area contributed by atoms with Gasteiger partial charge in [0.25, 0.3) is 5.91 Å². The van der Waals surface area contributed by atoms with Crippen molar-refractivity contribution in [3.05, 3.63) is 52.4 Å². The number of hydrogen-bond acceptors (Lipinski definition) is 5. The molecular weight excluding hydrogens is 318 g/mol. The summed E-state index contributed by atoms with van der Waals surface area (Å²) in [5.41, 5.74) is 0.902. The number of carboxylic acids is 1. The summed E-state index contributed by atoms with van der Waals surface area (Å²) in [6.07, 6.45) is 0. The molecule has 1 aromatic carbocycles.